The van der Waals surface area contributed by atoms with Gasteiger partial charge in [-0.3, -0.25) is 14.4 Å². The molecule has 1 aliphatic carbocycles. The Morgan fingerprint density at radius 3 is 2.70 bits per heavy atom. The molecule has 2 aliphatic heterocycles. The van der Waals surface area contributed by atoms with Gasteiger partial charge in [-0.2, -0.15) is 18.2 Å². The fourth-order valence-corrected chi connectivity index (χ4v) is 6.87. The average molecular weight is 643 g/mol. The highest BCUT2D eigenvalue weighted by Gasteiger charge is 2.61. The molecule has 3 aromatic rings. The van der Waals surface area contributed by atoms with Crippen LogP contribution in [0.25, 0.3) is 11.1 Å². The van der Waals surface area contributed by atoms with E-state index >= 15 is 0 Å². The summed E-state index contributed by atoms with van der Waals surface area (Å²) >= 11 is 0. The minimum Gasteiger partial charge on any atom is -0.481 e. The molecule has 3 heterocycles. The Hall–Kier alpha value is -4.22. The number of amides is 1. The van der Waals surface area contributed by atoms with Crippen molar-refractivity contribution in [2.45, 2.75) is 76.1 Å². The van der Waals surface area contributed by atoms with Gasteiger partial charge in [-0.25, -0.2) is 4.39 Å². The number of benzene rings is 2. The Labute approximate surface area is 262 Å². The number of hydrogen-bond acceptors (Lipinski definition) is 6. The van der Waals surface area contributed by atoms with E-state index in [9.17, 15) is 37.1 Å². The number of rotatable bonds is 5. The molecule has 6 rings (SSSR count). The monoisotopic (exact) mass is 642 g/mol. The molecule has 3 aliphatic rings. The summed E-state index contributed by atoms with van der Waals surface area (Å²) < 4.78 is 66.5. The van der Waals surface area contributed by atoms with Crippen LogP contribution >= 0.6 is 0 Å². The second kappa shape index (κ2) is 12.5. The number of carbonyl (C=O) groups is 3. The van der Waals surface area contributed by atoms with Crippen molar-refractivity contribution >= 4 is 28.8 Å². The summed E-state index contributed by atoms with van der Waals surface area (Å²) in [6.45, 7) is -0.0369. The number of carbonyl (C=O) groups excluding carboxylic acids is 2. The van der Waals surface area contributed by atoms with E-state index in [1.807, 2.05) is 12.2 Å². The Bertz CT molecular complexity index is 1640. The van der Waals surface area contributed by atoms with E-state index in [4.69, 9.17) is 9.15 Å². The number of fused-ring (bicyclic) bond motifs is 3. The fourth-order valence-electron chi connectivity index (χ4n) is 6.87. The number of halogens is 4. The molecule has 1 aromatic heterocycles. The number of alkyl halides is 3. The predicted octanol–water partition coefficient (Wildman–Crippen LogP) is 6.76. The van der Waals surface area contributed by atoms with E-state index in [0.29, 0.717) is 42.8 Å². The van der Waals surface area contributed by atoms with E-state index in [1.54, 1.807) is 24.3 Å². The summed E-state index contributed by atoms with van der Waals surface area (Å²) in [7, 11) is 0. The Morgan fingerprint density at radius 2 is 1.93 bits per heavy atom. The molecule has 0 bridgehead atoms. The van der Waals surface area contributed by atoms with Crippen molar-refractivity contribution in [3.8, 4) is 6.08 Å². The second-order valence-corrected chi connectivity index (χ2v) is 12.7. The number of hydrogen-bond donors (Lipinski definition) is 1. The largest absolute Gasteiger partial charge is 0.481 e. The van der Waals surface area contributed by atoms with Gasteiger partial charge in [0.1, 0.15) is 17.4 Å². The van der Waals surface area contributed by atoms with Gasteiger partial charge in [0.15, 0.2) is 11.4 Å². The van der Waals surface area contributed by atoms with E-state index in [0.717, 1.165) is 25.0 Å². The molecular formula is C34H34F4N2O6. The van der Waals surface area contributed by atoms with Crippen molar-refractivity contribution in [2.75, 3.05) is 6.54 Å². The van der Waals surface area contributed by atoms with E-state index < -0.39 is 58.7 Å². The van der Waals surface area contributed by atoms with Crippen LogP contribution in [-0.2, 0) is 27.0 Å². The van der Waals surface area contributed by atoms with Gasteiger partial charge in [-0.05, 0) is 73.9 Å². The Balaban J connectivity index is 1.31. The number of oxazole rings is 1. The van der Waals surface area contributed by atoms with E-state index in [-0.39, 0.29) is 43.4 Å². The zero-order valence-corrected chi connectivity index (χ0v) is 25.0. The van der Waals surface area contributed by atoms with Crippen molar-refractivity contribution in [1.29, 1.82) is 0 Å². The van der Waals surface area contributed by atoms with Crippen LogP contribution in [0, 0.1) is 23.1 Å². The number of allylic oxidation sites excluding steroid dienone is 2. The molecule has 1 saturated heterocycles. The average Bonchev–Trinajstić information content (AvgIpc) is 3.31. The lowest BCUT2D eigenvalue weighted by molar-refractivity contribution is -0.147. The van der Waals surface area contributed by atoms with Crippen LogP contribution in [0.3, 0.4) is 0 Å². The summed E-state index contributed by atoms with van der Waals surface area (Å²) in [5.41, 5.74) is -1.32. The Kier molecular flexibility index (Phi) is 8.64. The predicted molar refractivity (Wildman–Crippen MR) is 157 cm³/mol. The minimum atomic E-state index is -4.77. The highest BCUT2D eigenvalue weighted by Crippen LogP contribution is 2.57. The Morgan fingerprint density at radius 1 is 1.13 bits per heavy atom. The van der Waals surface area contributed by atoms with Gasteiger partial charge in [0, 0.05) is 18.8 Å². The van der Waals surface area contributed by atoms with Crippen LogP contribution in [0.5, 0.6) is 6.08 Å². The van der Waals surface area contributed by atoms with Gasteiger partial charge in [0.05, 0.1) is 23.6 Å². The number of ketones is 1. The van der Waals surface area contributed by atoms with Crippen molar-refractivity contribution in [2.24, 2.45) is 17.3 Å². The highest BCUT2D eigenvalue weighted by atomic mass is 19.4. The topological polar surface area (TPSA) is 110 Å². The fraction of sp³-hybridized carbons (Fsp3) is 0.471. The van der Waals surface area contributed by atoms with Crippen molar-refractivity contribution in [3.05, 3.63) is 71.6 Å². The van der Waals surface area contributed by atoms with Gasteiger partial charge in [0.2, 0.25) is 5.91 Å². The highest BCUT2D eigenvalue weighted by molar-refractivity contribution is 5.95. The third-order valence-corrected chi connectivity index (χ3v) is 9.42. The first-order chi connectivity index (χ1) is 21.9. The second-order valence-electron chi connectivity index (χ2n) is 12.7. The number of nitrogens with zero attached hydrogens (tertiary/aromatic N) is 2. The molecule has 1 saturated carbocycles. The molecule has 0 spiro atoms. The number of para-hydroxylation sites is 2. The van der Waals surface area contributed by atoms with E-state index in [2.05, 4.69) is 4.98 Å². The maximum atomic E-state index is 14.3. The summed E-state index contributed by atoms with van der Waals surface area (Å²) in [4.78, 5) is 46.2. The molecule has 1 N–H and O–H groups in total. The lowest BCUT2D eigenvalue weighted by atomic mass is 9.90. The first-order valence-electron chi connectivity index (χ1n) is 15.5. The van der Waals surface area contributed by atoms with Gasteiger partial charge in [0.25, 0.3) is 0 Å². The smallest absolute Gasteiger partial charge is 0.416 e. The van der Waals surface area contributed by atoms with Crippen LogP contribution in [0.15, 0.2) is 59.0 Å². The molecule has 2 fully saturated rings. The zero-order valence-electron chi connectivity index (χ0n) is 25.0. The number of carboxylic acids is 1. The third-order valence-electron chi connectivity index (χ3n) is 9.42. The number of aromatic nitrogens is 1. The molecule has 0 radical (unpaired) electrons. The molecule has 5 atom stereocenters. The quantitative estimate of drug-likeness (QED) is 0.242. The zero-order chi connectivity index (χ0) is 32.6. The molecular weight excluding hydrogens is 608 g/mol. The molecule has 12 heteroatoms. The number of carboxylic acid groups (broad SMARTS) is 1. The van der Waals surface area contributed by atoms with Crippen molar-refractivity contribution < 1.29 is 46.2 Å². The van der Waals surface area contributed by atoms with Crippen LogP contribution in [0.2, 0.25) is 0 Å². The van der Waals surface area contributed by atoms with Gasteiger partial charge < -0.3 is 19.2 Å². The van der Waals surface area contributed by atoms with Crippen LogP contribution in [0.1, 0.15) is 62.5 Å². The van der Waals surface area contributed by atoms with Crippen molar-refractivity contribution in [3.63, 3.8) is 0 Å². The van der Waals surface area contributed by atoms with Crippen LogP contribution < -0.4 is 4.74 Å². The summed E-state index contributed by atoms with van der Waals surface area (Å²) in [6, 6.07) is 8.27. The minimum absolute atomic E-state index is 0.0264. The van der Waals surface area contributed by atoms with Gasteiger partial charge in [-0.1, -0.05) is 37.1 Å². The van der Waals surface area contributed by atoms with Gasteiger partial charge >= 0.3 is 18.2 Å². The van der Waals surface area contributed by atoms with E-state index in [1.165, 1.54) is 4.90 Å². The third kappa shape index (κ3) is 6.66. The first-order valence-corrected chi connectivity index (χ1v) is 15.5. The SMILES string of the molecule is O=C1C[C@]2(C(=O)O)C[C@H]2/C=C\CCCCC[C@H](Cc2cc(F)cc(C(F)(F)F)c2)C(=O)N2C[C@H](Oc3nc4ccccc4o3)C[C@@H]12. The maximum Gasteiger partial charge on any atom is 0.416 e. The normalized spacial score (nSPS) is 28.2. The molecule has 8 nitrogen and oxygen atoms in total. The molecule has 244 valence electrons. The van der Waals surface area contributed by atoms with Crippen molar-refractivity contribution in [1.82, 2.24) is 9.88 Å². The number of Topliss-reactive ketones (excluding diaryl/α,β-unsaturated/α-hetero) is 1. The molecule has 46 heavy (non-hydrogen) atoms. The lowest BCUT2D eigenvalue weighted by Crippen LogP contribution is -2.45. The molecule has 0 unspecified atom stereocenters. The summed E-state index contributed by atoms with van der Waals surface area (Å²) in [5, 5.41) is 10.1. The van der Waals surface area contributed by atoms with Crippen LogP contribution in [0.4, 0.5) is 17.6 Å². The maximum absolute atomic E-state index is 14.3. The number of ether oxygens (including phenoxy) is 1. The standard InChI is InChI=1S/C34H34F4N2O6/c35-24-14-20(13-23(15-24)34(36,37)38)12-21-8-4-2-1-3-5-9-22-17-33(22,31(43)44)18-28(41)27-16-25(19-40(27)30(21)42)45-32-39-26-10-6-7-11-29(26)46-32/h5-7,9-11,13-15,21-22,25,27H,1-4,8,12,16-19H2,(H,43,44)/b9-5-/t21-,22-,25-,27+,33-/m1/s1. The number of aliphatic carboxylic acids is 1. The van der Waals surface area contributed by atoms with Crippen LogP contribution in [-0.4, -0.2) is 51.3 Å². The molecule has 2 aromatic carbocycles. The first kappa shape index (κ1) is 31.7. The van der Waals surface area contributed by atoms with Gasteiger partial charge in [-0.15, -0.1) is 0 Å². The molecule has 1 amide bonds. The summed E-state index contributed by atoms with van der Waals surface area (Å²) in [6.07, 6.45) is 1.31. The summed E-state index contributed by atoms with van der Waals surface area (Å²) in [5.74, 6) is -4.15. The lowest BCUT2D eigenvalue weighted by Gasteiger charge is -2.29.